The lowest BCUT2D eigenvalue weighted by Crippen LogP contribution is -2.28. The molecule has 0 fully saturated rings. The zero-order valence-corrected chi connectivity index (χ0v) is 10.8. The molecule has 0 aliphatic carbocycles. The van der Waals surface area contributed by atoms with Gasteiger partial charge in [-0.2, -0.15) is 0 Å². The van der Waals surface area contributed by atoms with Crippen LogP contribution in [0.15, 0.2) is 0 Å². The predicted octanol–water partition coefficient (Wildman–Crippen LogP) is 3.89. The Morgan fingerprint density at radius 2 is 1.29 bits per heavy atom. The van der Waals surface area contributed by atoms with Gasteiger partial charge in [0.25, 0.3) is 6.43 Å². The summed E-state index contributed by atoms with van der Waals surface area (Å²) < 4.78 is 23.4. The maximum Gasteiger partial charge on any atom is 0.251 e. The Labute approximate surface area is 88.5 Å². The van der Waals surface area contributed by atoms with E-state index in [4.69, 9.17) is 0 Å². The first kappa shape index (κ1) is 19.4. The fourth-order valence-electron chi connectivity index (χ4n) is 0.933. The number of hydrogen-bond acceptors (Lipinski definition) is 1. The van der Waals surface area contributed by atoms with E-state index in [1.54, 1.807) is 11.9 Å². The molecule has 0 N–H and O–H groups in total. The van der Waals surface area contributed by atoms with Gasteiger partial charge in [0.2, 0.25) is 0 Å². The van der Waals surface area contributed by atoms with Crippen molar-refractivity contribution < 1.29 is 8.78 Å². The molecule has 0 aliphatic rings. The van der Waals surface area contributed by atoms with Crippen LogP contribution in [0, 0.1) is 5.92 Å². The van der Waals surface area contributed by atoms with Crippen molar-refractivity contribution in [3.05, 3.63) is 0 Å². The van der Waals surface area contributed by atoms with Gasteiger partial charge in [-0.05, 0) is 13.0 Å². The van der Waals surface area contributed by atoms with Gasteiger partial charge in [0.15, 0.2) is 0 Å². The van der Waals surface area contributed by atoms with Gasteiger partial charge in [0, 0.05) is 6.54 Å². The van der Waals surface area contributed by atoms with Crippen LogP contribution in [0.4, 0.5) is 8.78 Å². The van der Waals surface area contributed by atoms with Crippen LogP contribution in [0.2, 0.25) is 0 Å². The highest BCUT2D eigenvalue weighted by atomic mass is 19.3. The lowest BCUT2D eigenvalue weighted by Gasteiger charge is -2.17. The average molecular weight is 211 g/mol. The molecule has 0 heterocycles. The number of hydrogen-bond donors (Lipinski definition) is 0. The second-order valence-electron chi connectivity index (χ2n) is 3.01. The molecule has 0 aromatic carbocycles. The highest BCUT2D eigenvalue weighted by Gasteiger charge is 2.07. The Morgan fingerprint density at radius 3 is 1.50 bits per heavy atom. The minimum Gasteiger partial charge on any atom is -0.301 e. The zero-order valence-electron chi connectivity index (χ0n) is 10.8. The summed E-state index contributed by atoms with van der Waals surface area (Å²) in [4.78, 5) is 1.65. The smallest absolute Gasteiger partial charge is 0.251 e. The lowest BCUT2D eigenvalue weighted by molar-refractivity contribution is 0.0955. The van der Waals surface area contributed by atoms with Crippen LogP contribution in [-0.4, -0.2) is 31.5 Å². The Bertz CT molecular complexity index is 75.4. The highest BCUT2D eigenvalue weighted by Crippen LogP contribution is 1.99. The van der Waals surface area contributed by atoms with Crippen LogP contribution >= 0.6 is 0 Å². The molecule has 0 radical (unpaired) electrons. The van der Waals surface area contributed by atoms with Gasteiger partial charge in [-0.3, -0.25) is 0 Å². The molecule has 0 rings (SSSR count). The number of alkyl halides is 2. The summed E-state index contributed by atoms with van der Waals surface area (Å²) in [6, 6.07) is 0. The van der Waals surface area contributed by atoms with Crippen LogP contribution < -0.4 is 0 Å². The van der Waals surface area contributed by atoms with E-state index in [0.717, 1.165) is 6.54 Å². The van der Waals surface area contributed by atoms with Gasteiger partial charge >= 0.3 is 0 Å². The van der Waals surface area contributed by atoms with Crippen molar-refractivity contribution in [3.63, 3.8) is 0 Å². The molecule has 0 aromatic heterocycles. The Kier molecular flexibility index (Phi) is 21.2. The van der Waals surface area contributed by atoms with Crippen LogP contribution in [0.5, 0.6) is 0 Å². The molecular weight excluding hydrogens is 184 g/mol. The second kappa shape index (κ2) is 15.3. The van der Waals surface area contributed by atoms with E-state index in [0.29, 0.717) is 5.92 Å². The third-order valence-electron chi connectivity index (χ3n) is 1.13. The minimum atomic E-state index is -2.20. The van der Waals surface area contributed by atoms with Crippen molar-refractivity contribution in [2.45, 2.75) is 48.0 Å². The van der Waals surface area contributed by atoms with E-state index in [1.165, 1.54) is 0 Å². The van der Waals surface area contributed by atoms with Crippen molar-refractivity contribution in [2.75, 3.05) is 20.1 Å². The van der Waals surface area contributed by atoms with E-state index in [2.05, 4.69) is 0 Å². The SMILES string of the molecule is CC.CC.CC(C)CN(C)CC(F)F. The molecule has 0 aliphatic heterocycles. The van der Waals surface area contributed by atoms with Crippen molar-refractivity contribution >= 4 is 0 Å². The van der Waals surface area contributed by atoms with E-state index in [-0.39, 0.29) is 6.54 Å². The van der Waals surface area contributed by atoms with E-state index < -0.39 is 6.43 Å². The van der Waals surface area contributed by atoms with Gasteiger partial charge in [0.1, 0.15) is 0 Å². The molecule has 90 valence electrons. The standard InChI is InChI=1S/C7H15F2N.2C2H6/c1-6(2)4-10(3)5-7(8)9;2*1-2/h6-7H,4-5H2,1-3H3;2*1-2H3. The molecule has 1 nitrogen and oxygen atoms in total. The Balaban J connectivity index is -0.000000266. The molecule has 14 heavy (non-hydrogen) atoms. The monoisotopic (exact) mass is 211 g/mol. The first-order valence-electron chi connectivity index (χ1n) is 5.49. The summed E-state index contributed by atoms with van der Waals surface area (Å²) in [6.07, 6.45) is -2.20. The van der Waals surface area contributed by atoms with E-state index >= 15 is 0 Å². The maximum atomic E-state index is 11.7. The summed E-state index contributed by atoms with van der Waals surface area (Å²) in [5.74, 6) is 0.462. The first-order valence-corrected chi connectivity index (χ1v) is 5.49. The zero-order chi connectivity index (χ0) is 12.1. The minimum absolute atomic E-state index is 0.113. The molecule has 0 bridgehead atoms. The summed E-state index contributed by atoms with van der Waals surface area (Å²) in [5, 5.41) is 0. The van der Waals surface area contributed by atoms with Crippen molar-refractivity contribution in [1.29, 1.82) is 0 Å². The largest absolute Gasteiger partial charge is 0.301 e. The van der Waals surface area contributed by atoms with Gasteiger partial charge in [0.05, 0.1) is 6.54 Å². The molecule has 0 saturated carbocycles. The highest BCUT2D eigenvalue weighted by molar-refractivity contribution is 4.55. The fraction of sp³-hybridized carbons (Fsp3) is 1.00. The molecular formula is C11H27F2N. The number of halogens is 2. The normalized spacial score (nSPS) is 9.43. The van der Waals surface area contributed by atoms with Gasteiger partial charge in [-0.15, -0.1) is 0 Å². The van der Waals surface area contributed by atoms with Crippen LogP contribution in [0.25, 0.3) is 0 Å². The lowest BCUT2D eigenvalue weighted by atomic mass is 10.2. The van der Waals surface area contributed by atoms with Crippen molar-refractivity contribution in [3.8, 4) is 0 Å². The van der Waals surface area contributed by atoms with Gasteiger partial charge in [-0.1, -0.05) is 41.5 Å². The second-order valence-corrected chi connectivity index (χ2v) is 3.01. The summed E-state index contributed by atoms with van der Waals surface area (Å²) in [7, 11) is 1.71. The van der Waals surface area contributed by atoms with Gasteiger partial charge in [-0.25, -0.2) is 8.78 Å². The third-order valence-corrected chi connectivity index (χ3v) is 1.13. The molecule has 0 atom stereocenters. The number of rotatable bonds is 4. The Morgan fingerprint density at radius 1 is 0.929 bits per heavy atom. The molecule has 0 spiro atoms. The predicted molar refractivity (Wildman–Crippen MR) is 61.0 cm³/mol. The Hall–Kier alpha value is -0.180. The quantitative estimate of drug-likeness (QED) is 0.682. The fourth-order valence-corrected chi connectivity index (χ4v) is 0.933. The average Bonchev–Trinajstić information content (AvgIpc) is 2.08. The van der Waals surface area contributed by atoms with Crippen LogP contribution in [-0.2, 0) is 0 Å². The summed E-state index contributed by atoms with van der Waals surface area (Å²) in [5.41, 5.74) is 0. The van der Waals surface area contributed by atoms with Crippen molar-refractivity contribution in [2.24, 2.45) is 5.92 Å². The molecule has 0 saturated heterocycles. The van der Waals surface area contributed by atoms with E-state index in [1.807, 2.05) is 41.5 Å². The van der Waals surface area contributed by atoms with Crippen LogP contribution in [0.1, 0.15) is 41.5 Å². The molecule has 0 unspecified atom stereocenters. The molecule has 3 heteroatoms. The van der Waals surface area contributed by atoms with E-state index in [9.17, 15) is 8.78 Å². The third kappa shape index (κ3) is 22.6. The topological polar surface area (TPSA) is 3.24 Å². The van der Waals surface area contributed by atoms with Crippen molar-refractivity contribution in [1.82, 2.24) is 4.90 Å². The molecule has 0 aromatic rings. The first-order chi connectivity index (χ1) is 6.52. The van der Waals surface area contributed by atoms with Gasteiger partial charge < -0.3 is 4.90 Å². The molecule has 0 amide bonds. The van der Waals surface area contributed by atoms with Crippen LogP contribution in [0.3, 0.4) is 0 Å². The maximum absolute atomic E-state index is 11.7. The number of nitrogens with zero attached hydrogens (tertiary/aromatic N) is 1. The summed E-state index contributed by atoms with van der Waals surface area (Å²) >= 11 is 0. The summed E-state index contributed by atoms with van der Waals surface area (Å²) in [6.45, 7) is 12.7.